The predicted molar refractivity (Wildman–Crippen MR) is 85.7 cm³/mol. The maximum atomic E-state index is 12.4. The molecule has 1 saturated heterocycles. The van der Waals surface area contributed by atoms with Crippen molar-refractivity contribution < 1.29 is 13.2 Å². The molecule has 0 amide bonds. The van der Waals surface area contributed by atoms with Crippen LogP contribution in [0.2, 0.25) is 0 Å². The van der Waals surface area contributed by atoms with Crippen LogP contribution in [-0.4, -0.2) is 52.7 Å². The second-order valence-electron chi connectivity index (χ2n) is 4.97. The SMILES string of the molecule is Cc1c(N)cc(Br)cc1S(=O)(=O)NCCN1CCOCC1. The van der Waals surface area contributed by atoms with Gasteiger partial charge in [-0.15, -0.1) is 0 Å². The zero-order chi connectivity index (χ0) is 15.5. The van der Waals surface area contributed by atoms with Gasteiger partial charge in [-0.1, -0.05) is 15.9 Å². The van der Waals surface area contributed by atoms with Crippen LogP contribution >= 0.6 is 15.9 Å². The van der Waals surface area contributed by atoms with Crippen molar-refractivity contribution >= 4 is 31.6 Å². The second-order valence-corrected chi connectivity index (χ2v) is 7.62. The van der Waals surface area contributed by atoms with Crippen molar-refractivity contribution in [2.24, 2.45) is 0 Å². The quantitative estimate of drug-likeness (QED) is 0.746. The predicted octanol–water partition coefficient (Wildman–Crippen LogP) is 0.950. The molecule has 6 nitrogen and oxygen atoms in total. The zero-order valence-corrected chi connectivity index (χ0v) is 14.3. The van der Waals surface area contributed by atoms with Gasteiger partial charge >= 0.3 is 0 Å². The number of rotatable bonds is 5. The number of hydrogen-bond donors (Lipinski definition) is 2. The number of nitrogens with one attached hydrogen (secondary N) is 1. The summed E-state index contributed by atoms with van der Waals surface area (Å²) < 4.78 is 33.3. The first-order valence-corrected chi connectivity index (χ1v) is 9.03. The second kappa shape index (κ2) is 7.06. The lowest BCUT2D eigenvalue weighted by atomic mass is 10.2. The molecule has 2 rings (SSSR count). The van der Waals surface area contributed by atoms with Crippen molar-refractivity contribution in [3.63, 3.8) is 0 Å². The van der Waals surface area contributed by atoms with Crippen LogP contribution in [0.1, 0.15) is 5.56 Å². The molecule has 1 fully saturated rings. The first-order chi connectivity index (χ1) is 9.90. The molecule has 0 bridgehead atoms. The fourth-order valence-electron chi connectivity index (χ4n) is 2.19. The third kappa shape index (κ3) is 4.40. The van der Waals surface area contributed by atoms with E-state index >= 15 is 0 Å². The van der Waals surface area contributed by atoms with Crippen molar-refractivity contribution in [1.82, 2.24) is 9.62 Å². The Morgan fingerprint density at radius 3 is 2.71 bits per heavy atom. The lowest BCUT2D eigenvalue weighted by Crippen LogP contribution is -2.41. The number of sulfonamides is 1. The molecular formula is C13H20BrN3O3S. The Kier molecular flexibility index (Phi) is 5.61. The molecule has 118 valence electrons. The van der Waals surface area contributed by atoms with Gasteiger partial charge < -0.3 is 10.5 Å². The van der Waals surface area contributed by atoms with E-state index in [0.717, 1.165) is 13.1 Å². The molecule has 1 aliphatic heterocycles. The van der Waals surface area contributed by atoms with E-state index in [1.807, 2.05) is 0 Å². The fraction of sp³-hybridized carbons (Fsp3) is 0.538. The summed E-state index contributed by atoms with van der Waals surface area (Å²) in [7, 11) is -3.55. The number of morpholine rings is 1. The van der Waals surface area contributed by atoms with Gasteiger partial charge in [0.15, 0.2) is 0 Å². The van der Waals surface area contributed by atoms with Gasteiger partial charge in [0.25, 0.3) is 0 Å². The average Bonchev–Trinajstić information content (AvgIpc) is 2.43. The summed E-state index contributed by atoms with van der Waals surface area (Å²) in [5, 5.41) is 0. The van der Waals surface area contributed by atoms with Crippen molar-refractivity contribution in [3.05, 3.63) is 22.2 Å². The van der Waals surface area contributed by atoms with Crippen LogP contribution < -0.4 is 10.5 Å². The van der Waals surface area contributed by atoms with Gasteiger partial charge in [0.05, 0.1) is 18.1 Å². The molecule has 0 aromatic heterocycles. The zero-order valence-electron chi connectivity index (χ0n) is 11.9. The Hall–Kier alpha value is -0.670. The van der Waals surface area contributed by atoms with Gasteiger partial charge in [0.2, 0.25) is 10.0 Å². The van der Waals surface area contributed by atoms with Gasteiger partial charge in [0, 0.05) is 36.3 Å². The van der Waals surface area contributed by atoms with E-state index < -0.39 is 10.0 Å². The normalized spacial score (nSPS) is 17.0. The van der Waals surface area contributed by atoms with Gasteiger partial charge in [-0.3, -0.25) is 4.90 Å². The Balaban J connectivity index is 2.01. The molecule has 0 atom stereocenters. The van der Waals surface area contributed by atoms with Crippen LogP contribution in [0.15, 0.2) is 21.5 Å². The van der Waals surface area contributed by atoms with E-state index in [1.54, 1.807) is 19.1 Å². The molecule has 8 heteroatoms. The van der Waals surface area contributed by atoms with Gasteiger partial charge in [-0.2, -0.15) is 0 Å². The summed E-state index contributed by atoms with van der Waals surface area (Å²) in [6.45, 7) is 5.83. The molecule has 1 heterocycles. The Morgan fingerprint density at radius 2 is 2.05 bits per heavy atom. The minimum absolute atomic E-state index is 0.219. The largest absolute Gasteiger partial charge is 0.398 e. The van der Waals surface area contributed by atoms with E-state index in [-0.39, 0.29) is 4.90 Å². The van der Waals surface area contributed by atoms with Crippen LogP contribution in [0.25, 0.3) is 0 Å². The minimum Gasteiger partial charge on any atom is -0.398 e. The number of halogens is 1. The Morgan fingerprint density at radius 1 is 1.38 bits per heavy atom. The smallest absolute Gasteiger partial charge is 0.240 e. The van der Waals surface area contributed by atoms with Crippen molar-refractivity contribution in [2.75, 3.05) is 45.1 Å². The molecular weight excluding hydrogens is 358 g/mol. The van der Waals surface area contributed by atoms with Gasteiger partial charge in [0.1, 0.15) is 0 Å². The number of nitrogens with zero attached hydrogens (tertiary/aromatic N) is 1. The number of anilines is 1. The standard InChI is InChI=1S/C13H20BrN3O3S/c1-10-12(15)8-11(14)9-13(10)21(18,19)16-2-3-17-4-6-20-7-5-17/h8-9,16H,2-7,15H2,1H3. The molecule has 0 saturated carbocycles. The van der Waals surface area contributed by atoms with Crippen molar-refractivity contribution in [1.29, 1.82) is 0 Å². The highest BCUT2D eigenvalue weighted by Crippen LogP contribution is 2.26. The molecule has 21 heavy (non-hydrogen) atoms. The molecule has 1 aromatic rings. The van der Waals surface area contributed by atoms with Crippen LogP contribution in [-0.2, 0) is 14.8 Å². The molecule has 0 radical (unpaired) electrons. The number of ether oxygens (including phenoxy) is 1. The molecule has 3 N–H and O–H groups in total. The summed E-state index contributed by atoms with van der Waals surface area (Å²) >= 11 is 3.28. The molecule has 1 aliphatic rings. The summed E-state index contributed by atoms with van der Waals surface area (Å²) in [5.41, 5.74) is 6.84. The summed E-state index contributed by atoms with van der Waals surface area (Å²) in [6.07, 6.45) is 0. The van der Waals surface area contributed by atoms with E-state index in [2.05, 4.69) is 25.6 Å². The highest BCUT2D eigenvalue weighted by atomic mass is 79.9. The van der Waals surface area contributed by atoms with Crippen LogP contribution in [0.4, 0.5) is 5.69 Å². The number of nitrogen functional groups attached to an aromatic ring is 1. The number of benzene rings is 1. The van der Waals surface area contributed by atoms with Crippen LogP contribution in [0, 0.1) is 6.92 Å². The van der Waals surface area contributed by atoms with Gasteiger partial charge in [-0.05, 0) is 24.6 Å². The molecule has 0 unspecified atom stereocenters. The average molecular weight is 378 g/mol. The van der Waals surface area contributed by atoms with E-state index in [1.165, 1.54) is 0 Å². The topological polar surface area (TPSA) is 84.7 Å². The third-order valence-electron chi connectivity index (χ3n) is 3.48. The first-order valence-electron chi connectivity index (χ1n) is 6.75. The molecule has 0 aliphatic carbocycles. The molecule has 1 aromatic carbocycles. The number of nitrogens with two attached hydrogens (primary N) is 1. The Bertz CT molecular complexity index is 601. The fourth-order valence-corrected chi connectivity index (χ4v) is 4.14. The lowest BCUT2D eigenvalue weighted by molar-refractivity contribution is 0.0390. The van der Waals surface area contributed by atoms with Crippen molar-refractivity contribution in [3.8, 4) is 0 Å². The molecule has 0 spiro atoms. The van der Waals surface area contributed by atoms with Gasteiger partial charge in [-0.25, -0.2) is 13.1 Å². The van der Waals surface area contributed by atoms with Crippen LogP contribution in [0.3, 0.4) is 0 Å². The third-order valence-corrected chi connectivity index (χ3v) is 5.52. The Labute approximate surface area is 133 Å². The van der Waals surface area contributed by atoms with E-state index in [4.69, 9.17) is 10.5 Å². The summed E-state index contributed by atoms with van der Waals surface area (Å²) in [4.78, 5) is 2.39. The number of hydrogen-bond acceptors (Lipinski definition) is 5. The highest BCUT2D eigenvalue weighted by Gasteiger charge is 2.19. The highest BCUT2D eigenvalue weighted by molar-refractivity contribution is 9.10. The van der Waals surface area contributed by atoms with Crippen LogP contribution in [0.5, 0.6) is 0 Å². The maximum Gasteiger partial charge on any atom is 0.240 e. The van der Waals surface area contributed by atoms with E-state index in [9.17, 15) is 8.42 Å². The maximum absolute atomic E-state index is 12.4. The van der Waals surface area contributed by atoms with Crippen molar-refractivity contribution in [2.45, 2.75) is 11.8 Å². The summed E-state index contributed by atoms with van der Waals surface area (Å²) in [5.74, 6) is 0. The summed E-state index contributed by atoms with van der Waals surface area (Å²) in [6, 6.07) is 3.27. The first kappa shape index (κ1) is 16.7. The van der Waals surface area contributed by atoms with E-state index in [0.29, 0.717) is 42.0 Å². The minimum atomic E-state index is -3.55. The lowest BCUT2D eigenvalue weighted by Gasteiger charge is -2.26. The monoisotopic (exact) mass is 377 g/mol.